The summed E-state index contributed by atoms with van der Waals surface area (Å²) in [4.78, 5) is 6.29. The van der Waals surface area contributed by atoms with Gasteiger partial charge in [-0.3, -0.25) is 4.99 Å². The van der Waals surface area contributed by atoms with Gasteiger partial charge in [0.15, 0.2) is 5.96 Å². The highest BCUT2D eigenvalue weighted by molar-refractivity contribution is 14.0. The zero-order chi connectivity index (χ0) is 15.5. The van der Waals surface area contributed by atoms with Crippen LogP contribution in [0, 0.1) is 5.82 Å². The molecule has 1 N–H and O–H groups in total. The third-order valence-electron chi connectivity index (χ3n) is 3.11. The second kappa shape index (κ2) is 12.6. The standard InChI is InChI=1S/C16H26FN3O.HI/c1-4-21-12-6-5-11-19-16(18-2)20(3)13-14-7-9-15(17)10-8-14;/h7-10H,4-6,11-13H2,1-3H3,(H,18,19);1H. The molecule has 0 aromatic heterocycles. The molecule has 1 aromatic carbocycles. The zero-order valence-corrected chi connectivity index (χ0v) is 16.0. The van der Waals surface area contributed by atoms with Crippen LogP contribution in [0.1, 0.15) is 25.3 Å². The van der Waals surface area contributed by atoms with Crippen molar-refractivity contribution in [2.24, 2.45) is 4.99 Å². The van der Waals surface area contributed by atoms with E-state index < -0.39 is 0 Å². The van der Waals surface area contributed by atoms with E-state index in [0.29, 0.717) is 6.54 Å². The predicted molar refractivity (Wildman–Crippen MR) is 100 cm³/mol. The molecule has 6 heteroatoms. The Kier molecular flexibility index (Phi) is 12.1. The molecule has 0 atom stereocenters. The van der Waals surface area contributed by atoms with Crippen molar-refractivity contribution < 1.29 is 9.13 Å². The lowest BCUT2D eigenvalue weighted by Gasteiger charge is -2.22. The van der Waals surface area contributed by atoms with Gasteiger partial charge in [-0.15, -0.1) is 24.0 Å². The molecule has 1 aromatic rings. The Hall–Kier alpha value is -0.890. The summed E-state index contributed by atoms with van der Waals surface area (Å²) >= 11 is 0. The molecule has 0 unspecified atom stereocenters. The van der Waals surface area contributed by atoms with Crippen LogP contribution < -0.4 is 5.32 Å². The first kappa shape index (κ1) is 21.1. The zero-order valence-electron chi connectivity index (χ0n) is 13.6. The Morgan fingerprint density at radius 3 is 2.55 bits per heavy atom. The quantitative estimate of drug-likeness (QED) is 0.302. The van der Waals surface area contributed by atoms with Crippen LogP contribution in [0.5, 0.6) is 0 Å². The molecule has 0 aliphatic heterocycles. The van der Waals surface area contributed by atoms with E-state index in [1.54, 1.807) is 19.2 Å². The molecule has 0 fully saturated rings. The normalized spacial score (nSPS) is 11.0. The summed E-state index contributed by atoms with van der Waals surface area (Å²) in [5.74, 6) is 0.633. The highest BCUT2D eigenvalue weighted by Gasteiger charge is 2.06. The molecule has 126 valence electrons. The Bertz CT molecular complexity index is 426. The molecule has 4 nitrogen and oxygen atoms in total. The van der Waals surface area contributed by atoms with E-state index in [9.17, 15) is 4.39 Å². The van der Waals surface area contributed by atoms with Gasteiger partial charge in [0.25, 0.3) is 0 Å². The number of nitrogens with zero attached hydrogens (tertiary/aromatic N) is 2. The smallest absolute Gasteiger partial charge is 0.193 e. The molecule has 0 saturated carbocycles. The van der Waals surface area contributed by atoms with Crippen LogP contribution in [-0.2, 0) is 11.3 Å². The maximum atomic E-state index is 12.9. The molecule has 0 saturated heterocycles. The van der Waals surface area contributed by atoms with Crippen molar-refractivity contribution in [3.63, 3.8) is 0 Å². The molecule has 0 bridgehead atoms. The third-order valence-corrected chi connectivity index (χ3v) is 3.11. The molecule has 0 spiro atoms. The van der Waals surface area contributed by atoms with Crippen molar-refractivity contribution in [2.75, 3.05) is 33.9 Å². The molecule has 0 aliphatic carbocycles. The van der Waals surface area contributed by atoms with E-state index in [2.05, 4.69) is 10.3 Å². The van der Waals surface area contributed by atoms with Crippen LogP contribution in [0.15, 0.2) is 29.3 Å². The lowest BCUT2D eigenvalue weighted by molar-refractivity contribution is 0.143. The number of benzene rings is 1. The van der Waals surface area contributed by atoms with Gasteiger partial charge in [-0.25, -0.2) is 4.39 Å². The van der Waals surface area contributed by atoms with E-state index >= 15 is 0 Å². The first-order valence-corrected chi connectivity index (χ1v) is 7.41. The molecular formula is C16H27FIN3O. The largest absolute Gasteiger partial charge is 0.382 e. The van der Waals surface area contributed by atoms with Gasteiger partial charge < -0.3 is 15.0 Å². The van der Waals surface area contributed by atoms with E-state index in [1.807, 2.05) is 18.9 Å². The van der Waals surface area contributed by atoms with Crippen molar-refractivity contribution in [3.05, 3.63) is 35.6 Å². The Morgan fingerprint density at radius 1 is 1.27 bits per heavy atom. The van der Waals surface area contributed by atoms with Gasteiger partial charge in [0, 0.05) is 40.4 Å². The van der Waals surface area contributed by atoms with Crippen molar-refractivity contribution in [3.8, 4) is 0 Å². The SMILES string of the molecule is CCOCCCCNC(=NC)N(C)Cc1ccc(F)cc1.I. The minimum absolute atomic E-state index is 0. The topological polar surface area (TPSA) is 36.9 Å². The number of hydrogen-bond acceptors (Lipinski definition) is 2. The van der Waals surface area contributed by atoms with Gasteiger partial charge in [-0.05, 0) is 37.5 Å². The second-order valence-electron chi connectivity index (χ2n) is 4.86. The van der Waals surface area contributed by atoms with Crippen molar-refractivity contribution >= 4 is 29.9 Å². The maximum Gasteiger partial charge on any atom is 0.193 e. The summed E-state index contributed by atoms with van der Waals surface area (Å²) in [6.07, 6.45) is 2.09. The molecule has 22 heavy (non-hydrogen) atoms. The minimum atomic E-state index is -0.210. The molecular weight excluding hydrogens is 396 g/mol. The van der Waals surface area contributed by atoms with E-state index in [1.165, 1.54) is 12.1 Å². The fraction of sp³-hybridized carbons (Fsp3) is 0.562. The second-order valence-corrected chi connectivity index (χ2v) is 4.86. The summed E-state index contributed by atoms with van der Waals surface area (Å²) in [7, 11) is 3.74. The summed E-state index contributed by atoms with van der Waals surface area (Å²) in [5, 5.41) is 3.32. The summed E-state index contributed by atoms with van der Waals surface area (Å²) < 4.78 is 18.2. The van der Waals surface area contributed by atoms with E-state index in [0.717, 1.165) is 44.1 Å². The van der Waals surface area contributed by atoms with Crippen LogP contribution in [0.25, 0.3) is 0 Å². The summed E-state index contributed by atoms with van der Waals surface area (Å²) in [6.45, 7) is 5.15. The van der Waals surface area contributed by atoms with Gasteiger partial charge in [0.1, 0.15) is 5.82 Å². The number of aliphatic imine (C=N–C) groups is 1. The van der Waals surface area contributed by atoms with Gasteiger partial charge >= 0.3 is 0 Å². The Labute approximate surface area is 150 Å². The predicted octanol–water partition coefficient (Wildman–Crippen LogP) is 3.27. The third kappa shape index (κ3) is 8.53. The maximum absolute atomic E-state index is 12.9. The fourth-order valence-corrected chi connectivity index (χ4v) is 2.00. The van der Waals surface area contributed by atoms with Gasteiger partial charge in [-0.1, -0.05) is 12.1 Å². The van der Waals surface area contributed by atoms with Gasteiger partial charge in [0.2, 0.25) is 0 Å². The molecule has 0 radical (unpaired) electrons. The first-order valence-electron chi connectivity index (χ1n) is 7.41. The highest BCUT2D eigenvalue weighted by atomic mass is 127. The summed E-state index contributed by atoms with van der Waals surface area (Å²) in [5.41, 5.74) is 1.05. The molecule has 0 amide bonds. The number of rotatable bonds is 8. The number of hydrogen-bond donors (Lipinski definition) is 1. The summed E-state index contributed by atoms with van der Waals surface area (Å²) in [6, 6.07) is 6.54. The van der Waals surface area contributed by atoms with Crippen LogP contribution in [-0.4, -0.2) is 44.7 Å². The lowest BCUT2D eigenvalue weighted by Crippen LogP contribution is -2.38. The van der Waals surface area contributed by atoms with Crippen LogP contribution in [0.3, 0.4) is 0 Å². The van der Waals surface area contributed by atoms with Crippen molar-refractivity contribution in [1.29, 1.82) is 0 Å². The lowest BCUT2D eigenvalue weighted by atomic mass is 10.2. The Morgan fingerprint density at radius 2 is 1.95 bits per heavy atom. The average Bonchev–Trinajstić information content (AvgIpc) is 2.49. The number of nitrogens with one attached hydrogen (secondary N) is 1. The Balaban J connectivity index is 0.00000441. The number of guanidine groups is 1. The molecule has 0 aliphatic rings. The molecule has 0 heterocycles. The van der Waals surface area contributed by atoms with Crippen molar-refractivity contribution in [1.82, 2.24) is 10.2 Å². The highest BCUT2D eigenvalue weighted by Crippen LogP contribution is 2.05. The number of ether oxygens (including phenoxy) is 1. The van der Waals surface area contributed by atoms with Gasteiger partial charge in [0.05, 0.1) is 0 Å². The number of halogens is 2. The first-order chi connectivity index (χ1) is 10.2. The minimum Gasteiger partial charge on any atom is -0.382 e. The van der Waals surface area contributed by atoms with Gasteiger partial charge in [-0.2, -0.15) is 0 Å². The number of unbranched alkanes of at least 4 members (excludes halogenated alkanes) is 1. The molecule has 1 rings (SSSR count). The van der Waals surface area contributed by atoms with Crippen LogP contribution >= 0.6 is 24.0 Å². The van der Waals surface area contributed by atoms with Crippen molar-refractivity contribution in [2.45, 2.75) is 26.3 Å². The average molecular weight is 423 g/mol. The van der Waals surface area contributed by atoms with Crippen LogP contribution in [0.2, 0.25) is 0 Å². The monoisotopic (exact) mass is 423 g/mol. The van der Waals surface area contributed by atoms with Crippen LogP contribution in [0.4, 0.5) is 4.39 Å². The van der Waals surface area contributed by atoms with E-state index in [-0.39, 0.29) is 29.8 Å². The fourth-order valence-electron chi connectivity index (χ4n) is 2.00. The van der Waals surface area contributed by atoms with E-state index in [4.69, 9.17) is 4.74 Å².